The summed E-state index contributed by atoms with van der Waals surface area (Å²) in [5, 5.41) is 6.60. The van der Waals surface area contributed by atoms with E-state index in [0.717, 1.165) is 13.0 Å². The van der Waals surface area contributed by atoms with Crippen LogP contribution in [0.2, 0.25) is 0 Å². The molecule has 3 rings (SSSR count). The third-order valence-corrected chi connectivity index (χ3v) is 4.30. The number of ether oxygens (including phenoxy) is 1. The second-order valence-corrected chi connectivity index (χ2v) is 5.64. The number of anilines is 2. The van der Waals surface area contributed by atoms with Crippen molar-refractivity contribution in [1.82, 2.24) is 19.9 Å². The first-order chi connectivity index (χ1) is 10.3. The maximum absolute atomic E-state index is 5.16. The zero-order valence-electron chi connectivity index (χ0n) is 12.8. The van der Waals surface area contributed by atoms with Crippen molar-refractivity contribution < 1.29 is 4.74 Å². The average Bonchev–Trinajstić information content (AvgIpc) is 2.91. The van der Waals surface area contributed by atoms with E-state index in [1.807, 2.05) is 6.92 Å². The molecule has 1 aromatic rings. The third kappa shape index (κ3) is 3.18. The van der Waals surface area contributed by atoms with E-state index in [1.165, 1.54) is 32.4 Å². The summed E-state index contributed by atoms with van der Waals surface area (Å²) < 4.78 is 5.16. The fourth-order valence-electron chi connectivity index (χ4n) is 3.33. The second-order valence-electron chi connectivity index (χ2n) is 5.64. The Morgan fingerprint density at radius 1 is 1.14 bits per heavy atom. The number of methoxy groups -OCH3 is 1. The maximum atomic E-state index is 5.16. The Bertz CT molecular complexity index is 483. The second kappa shape index (κ2) is 6.43. The van der Waals surface area contributed by atoms with Crippen molar-refractivity contribution in [2.75, 3.05) is 37.4 Å². The summed E-state index contributed by atoms with van der Waals surface area (Å²) in [7, 11) is 1.58. The molecule has 0 spiro atoms. The van der Waals surface area contributed by atoms with Gasteiger partial charge in [-0.3, -0.25) is 4.90 Å². The van der Waals surface area contributed by atoms with Crippen molar-refractivity contribution >= 4 is 11.9 Å². The molecular formula is C14H24N6O. The van der Waals surface area contributed by atoms with Crippen LogP contribution in [0.3, 0.4) is 0 Å². The predicted molar refractivity (Wildman–Crippen MR) is 81.8 cm³/mol. The molecule has 0 bridgehead atoms. The summed E-state index contributed by atoms with van der Waals surface area (Å²) in [5.74, 6) is 1.17. The lowest BCUT2D eigenvalue weighted by Gasteiger charge is -2.32. The summed E-state index contributed by atoms with van der Waals surface area (Å²) in [4.78, 5) is 15.5. The summed E-state index contributed by atoms with van der Waals surface area (Å²) >= 11 is 0. The van der Waals surface area contributed by atoms with Gasteiger partial charge in [-0.2, -0.15) is 15.0 Å². The minimum absolute atomic E-state index is 0.349. The molecule has 0 aromatic carbocycles. The topological polar surface area (TPSA) is 75.2 Å². The van der Waals surface area contributed by atoms with Gasteiger partial charge in [-0.15, -0.1) is 0 Å². The van der Waals surface area contributed by atoms with Gasteiger partial charge in [0.2, 0.25) is 11.9 Å². The van der Waals surface area contributed by atoms with Crippen LogP contribution in [0.5, 0.6) is 6.01 Å². The first-order valence-corrected chi connectivity index (χ1v) is 7.84. The zero-order valence-corrected chi connectivity index (χ0v) is 12.8. The monoisotopic (exact) mass is 292 g/mol. The quantitative estimate of drug-likeness (QED) is 0.848. The van der Waals surface area contributed by atoms with Gasteiger partial charge in [0.1, 0.15) is 0 Å². The summed E-state index contributed by atoms with van der Waals surface area (Å²) in [5.41, 5.74) is 0. The van der Waals surface area contributed by atoms with E-state index < -0.39 is 0 Å². The number of nitrogens with one attached hydrogen (secondary N) is 2. The molecule has 2 unspecified atom stereocenters. The van der Waals surface area contributed by atoms with E-state index >= 15 is 0 Å². The number of aromatic nitrogens is 3. The number of nitrogens with zero attached hydrogens (tertiary/aromatic N) is 4. The number of piperidine rings is 1. The van der Waals surface area contributed by atoms with Crippen LogP contribution >= 0.6 is 0 Å². The molecule has 2 saturated heterocycles. The highest BCUT2D eigenvalue weighted by Crippen LogP contribution is 2.29. The largest absolute Gasteiger partial charge is 0.467 e. The lowest BCUT2D eigenvalue weighted by Crippen LogP contribution is -2.42. The molecule has 0 amide bonds. The number of hydrogen-bond donors (Lipinski definition) is 2. The van der Waals surface area contributed by atoms with Gasteiger partial charge < -0.3 is 15.4 Å². The maximum Gasteiger partial charge on any atom is 0.322 e. The minimum Gasteiger partial charge on any atom is -0.467 e. The van der Waals surface area contributed by atoms with Crippen molar-refractivity contribution in [3.8, 4) is 6.01 Å². The molecule has 7 nitrogen and oxygen atoms in total. The highest BCUT2D eigenvalue weighted by atomic mass is 16.5. The van der Waals surface area contributed by atoms with Gasteiger partial charge in [-0.25, -0.2) is 0 Å². The van der Waals surface area contributed by atoms with E-state index in [1.54, 1.807) is 7.11 Å². The van der Waals surface area contributed by atoms with Crippen LogP contribution in [0.25, 0.3) is 0 Å². The summed E-state index contributed by atoms with van der Waals surface area (Å²) in [6, 6.07) is 1.39. The molecule has 0 saturated carbocycles. The van der Waals surface area contributed by atoms with Gasteiger partial charge in [-0.1, -0.05) is 6.42 Å². The molecular weight excluding hydrogens is 268 g/mol. The van der Waals surface area contributed by atoms with E-state index in [-0.39, 0.29) is 0 Å². The molecule has 2 atom stereocenters. The van der Waals surface area contributed by atoms with Gasteiger partial charge in [-0.05, 0) is 32.7 Å². The van der Waals surface area contributed by atoms with Crippen molar-refractivity contribution in [3.63, 3.8) is 0 Å². The van der Waals surface area contributed by atoms with E-state index in [9.17, 15) is 0 Å². The van der Waals surface area contributed by atoms with Crippen LogP contribution < -0.4 is 15.4 Å². The molecule has 2 aliphatic rings. The smallest absolute Gasteiger partial charge is 0.322 e. The number of fused-ring (bicyclic) bond motifs is 1. The Labute approximate surface area is 125 Å². The zero-order chi connectivity index (χ0) is 14.7. The summed E-state index contributed by atoms with van der Waals surface area (Å²) in [6.07, 6.45) is 5.06. The van der Waals surface area contributed by atoms with Crippen molar-refractivity contribution in [2.24, 2.45) is 0 Å². The lowest BCUT2D eigenvalue weighted by atomic mass is 9.99. The Kier molecular flexibility index (Phi) is 4.38. The van der Waals surface area contributed by atoms with Crippen LogP contribution in [0.1, 0.15) is 32.6 Å². The molecule has 7 heteroatoms. The van der Waals surface area contributed by atoms with Gasteiger partial charge >= 0.3 is 6.01 Å². The first-order valence-electron chi connectivity index (χ1n) is 7.84. The molecule has 1 aromatic heterocycles. The van der Waals surface area contributed by atoms with Crippen LogP contribution in [0, 0.1) is 0 Å². The molecule has 21 heavy (non-hydrogen) atoms. The van der Waals surface area contributed by atoms with Gasteiger partial charge in [0.05, 0.1) is 7.11 Å². The number of rotatable bonds is 5. The molecule has 0 radical (unpaired) electrons. The van der Waals surface area contributed by atoms with Crippen LogP contribution in [-0.2, 0) is 0 Å². The fourth-order valence-corrected chi connectivity index (χ4v) is 3.33. The Morgan fingerprint density at radius 2 is 2.00 bits per heavy atom. The van der Waals surface area contributed by atoms with E-state index in [2.05, 4.69) is 30.5 Å². The number of hydrogen-bond acceptors (Lipinski definition) is 7. The van der Waals surface area contributed by atoms with Crippen LogP contribution in [0.15, 0.2) is 0 Å². The van der Waals surface area contributed by atoms with Crippen molar-refractivity contribution in [1.29, 1.82) is 0 Å². The average molecular weight is 292 g/mol. The molecule has 2 N–H and O–H groups in total. The van der Waals surface area contributed by atoms with E-state index in [4.69, 9.17) is 4.74 Å². The van der Waals surface area contributed by atoms with Crippen LogP contribution in [0.4, 0.5) is 11.9 Å². The predicted octanol–water partition coefficient (Wildman–Crippen LogP) is 1.35. The SMILES string of the molecule is CCNc1nc(NC2CCN3CCCCC23)nc(OC)n1. The standard InChI is InChI=1S/C14H24N6O/c1-3-15-12-17-13(19-14(18-12)21-2)16-10-7-9-20-8-5-4-6-11(10)20/h10-11H,3-9H2,1-2H3,(H2,15,16,17,18,19). The molecule has 3 heterocycles. The first kappa shape index (κ1) is 14.3. The molecule has 116 valence electrons. The Balaban J connectivity index is 1.73. The molecule has 0 aliphatic carbocycles. The third-order valence-electron chi connectivity index (χ3n) is 4.30. The Hall–Kier alpha value is -1.63. The molecule has 2 fully saturated rings. The van der Waals surface area contributed by atoms with Crippen molar-refractivity contribution in [2.45, 2.75) is 44.7 Å². The summed E-state index contributed by atoms with van der Waals surface area (Å²) in [6.45, 7) is 5.18. The lowest BCUT2D eigenvalue weighted by molar-refractivity contribution is 0.192. The van der Waals surface area contributed by atoms with Crippen molar-refractivity contribution in [3.05, 3.63) is 0 Å². The van der Waals surface area contributed by atoms with Gasteiger partial charge in [0, 0.05) is 25.2 Å². The van der Waals surface area contributed by atoms with Gasteiger partial charge in [0.25, 0.3) is 0 Å². The molecule has 2 aliphatic heterocycles. The Morgan fingerprint density at radius 3 is 2.81 bits per heavy atom. The minimum atomic E-state index is 0.349. The highest BCUT2D eigenvalue weighted by molar-refractivity contribution is 5.37. The normalized spacial score (nSPS) is 25.4. The van der Waals surface area contributed by atoms with Gasteiger partial charge in [0.15, 0.2) is 0 Å². The highest BCUT2D eigenvalue weighted by Gasteiger charge is 2.35. The van der Waals surface area contributed by atoms with Crippen LogP contribution in [-0.4, -0.2) is 58.7 Å². The van der Waals surface area contributed by atoms with E-state index in [0.29, 0.717) is 30.0 Å². The fraction of sp³-hybridized carbons (Fsp3) is 0.786.